The summed E-state index contributed by atoms with van der Waals surface area (Å²) in [7, 11) is 2.36. The van der Waals surface area contributed by atoms with Gasteiger partial charge in [0, 0.05) is 25.7 Å². The molecule has 2 saturated carbocycles. The molecule has 0 aromatic rings. The van der Waals surface area contributed by atoms with E-state index in [-0.39, 0.29) is 18.9 Å². The number of ether oxygens (including phenoxy) is 2. The van der Waals surface area contributed by atoms with Crippen molar-refractivity contribution in [3.05, 3.63) is 11.3 Å². The van der Waals surface area contributed by atoms with Crippen molar-refractivity contribution >= 4 is 5.78 Å². The maximum atomic E-state index is 12.3. The maximum absolute atomic E-state index is 12.3. The number of rotatable bonds is 2. The van der Waals surface area contributed by atoms with Gasteiger partial charge >= 0.3 is 25.0 Å². The first-order valence-electron chi connectivity index (χ1n) is 4.93. The quantitative estimate of drug-likeness (QED) is 0.235. The van der Waals surface area contributed by atoms with E-state index in [0.717, 1.165) is 0 Å². The Balaban J connectivity index is 0.00000162. The molecule has 96 valence electrons. The van der Waals surface area contributed by atoms with Gasteiger partial charge in [0.2, 0.25) is 11.6 Å². The number of halogens is 3. The van der Waals surface area contributed by atoms with Gasteiger partial charge in [0.05, 0.1) is 0 Å². The van der Waals surface area contributed by atoms with Crippen molar-refractivity contribution in [3.8, 4) is 0 Å². The van der Waals surface area contributed by atoms with E-state index in [0.29, 0.717) is 6.42 Å². The number of hydrogen-bond donors (Lipinski definition) is 0. The molecule has 0 saturated heterocycles. The van der Waals surface area contributed by atoms with Crippen LogP contribution in [0.25, 0.3) is 0 Å². The summed E-state index contributed by atoms with van der Waals surface area (Å²) >= 11 is 0. The summed E-state index contributed by atoms with van der Waals surface area (Å²) < 4.78 is 46.8. The Bertz CT molecular complexity index is 400. The number of alkyl halides is 3. The molecule has 2 aliphatic rings. The minimum Gasteiger partial charge on any atom is -0.869 e. The number of carbonyl (C=O) groups excluding carboxylic acids is 1. The van der Waals surface area contributed by atoms with Crippen LogP contribution in [0, 0.1) is 11.8 Å². The van der Waals surface area contributed by atoms with Gasteiger partial charge in [0.1, 0.15) is 0 Å². The van der Waals surface area contributed by atoms with Crippen molar-refractivity contribution in [2.24, 2.45) is 11.8 Å². The van der Waals surface area contributed by atoms with Gasteiger partial charge in [-0.05, 0) is 18.1 Å². The van der Waals surface area contributed by atoms with E-state index in [1.807, 2.05) is 0 Å². The molecule has 2 fully saturated rings. The first-order chi connectivity index (χ1) is 7.79. The van der Waals surface area contributed by atoms with Crippen molar-refractivity contribution in [1.82, 2.24) is 0 Å². The van der Waals surface area contributed by atoms with Crippen molar-refractivity contribution in [1.29, 1.82) is 0 Å². The van der Waals surface area contributed by atoms with Crippen LogP contribution in [0.2, 0.25) is 0 Å². The number of ketones is 1. The Morgan fingerprint density at radius 3 is 2.22 bits per heavy atom. The second-order valence-electron chi connectivity index (χ2n) is 4.09. The third-order valence-electron chi connectivity index (χ3n) is 3.32. The van der Waals surface area contributed by atoms with E-state index in [9.17, 15) is 23.1 Å². The van der Waals surface area contributed by atoms with Crippen LogP contribution in [0.4, 0.5) is 13.2 Å². The predicted octanol–water partition coefficient (Wildman–Crippen LogP) is -2.62. The standard InChI is InChI=1S/C10H11F3O4.Li/c1-16-9(17-2)5-3-4(5)6(7(9)14)8(15)10(11,12)13;/h4-5,15H,3H2,1-2H3;/q;+1/p-1/b8-6-;/t4-,5+;/m0./s1. The van der Waals surface area contributed by atoms with E-state index in [2.05, 4.69) is 0 Å². The molecular formula is C10H10F3LiO4. The summed E-state index contributed by atoms with van der Waals surface area (Å²) in [5.41, 5.74) is -0.730. The van der Waals surface area contributed by atoms with E-state index in [1.54, 1.807) is 0 Å². The van der Waals surface area contributed by atoms with Gasteiger partial charge < -0.3 is 14.6 Å². The van der Waals surface area contributed by atoms with Crippen molar-refractivity contribution < 1.29 is 51.4 Å². The van der Waals surface area contributed by atoms with Crippen molar-refractivity contribution in [2.45, 2.75) is 18.4 Å². The smallest absolute Gasteiger partial charge is 0.869 e. The normalized spacial score (nSPS) is 31.7. The SMILES string of the molecule is COC1(OC)C(=O)/C(=C(\[O-])C(F)(F)F)[C@H]2C[C@H]21.[Li+]. The van der Waals surface area contributed by atoms with Gasteiger partial charge in [0.15, 0.2) is 0 Å². The number of fused-ring (bicyclic) bond motifs is 1. The molecule has 0 aromatic heterocycles. The molecule has 0 N–H and O–H groups in total. The average molecular weight is 258 g/mol. The molecule has 4 nitrogen and oxygen atoms in total. The van der Waals surface area contributed by atoms with Gasteiger partial charge in [0.25, 0.3) is 0 Å². The Morgan fingerprint density at radius 1 is 1.39 bits per heavy atom. The van der Waals surface area contributed by atoms with Crippen LogP contribution < -0.4 is 24.0 Å². The zero-order chi connectivity index (χ0) is 13.0. The summed E-state index contributed by atoms with van der Waals surface area (Å²) in [6.45, 7) is 0. The van der Waals surface area contributed by atoms with E-state index in [4.69, 9.17) is 9.47 Å². The third kappa shape index (κ3) is 1.90. The molecule has 0 aliphatic heterocycles. The monoisotopic (exact) mass is 258 g/mol. The van der Waals surface area contributed by atoms with Gasteiger partial charge in [-0.1, -0.05) is 0 Å². The number of methoxy groups -OCH3 is 2. The zero-order valence-corrected chi connectivity index (χ0v) is 10.1. The van der Waals surface area contributed by atoms with Crippen molar-refractivity contribution in [2.75, 3.05) is 14.2 Å². The summed E-state index contributed by atoms with van der Waals surface area (Å²) in [5.74, 6) is -5.94. The van der Waals surface area contributed by atoms with Crippen LogP contribution in [0.5, 0.6) is 0 Å². The Morgan fingerprint density at radius 2 is 1.89 bits per heavy atom. The van der Waals surface area contributed by atoms with Crippen LogP contribution >= 0.6 is 0 Å². The second-order valence-corrected chi connectivity index (χ2v) is 4.09. The molecule has 0 bridgehead atoms. The largest absolute Gasteiger partial charge is 1.00 e. The van der Waals surface area contributed by atoms with E-state index >= 15 is 0 Å². The van der Waals surface area contributed by atoms with Crippen LogP contribution in [0.15, 0.2) is 11.3 Å². The third-order valence-corrected chi connectivity index (χ3v) is 3.32. The molecule has 0 unspecified atom stereocenters. The average Bonchev–Trinajstić information content (AvgIpc) is 2.96. The molecule has 0 spiro atoms. The number of hydrogen-bond acceptors (Lipinski definition) is 4. The Labute approximate surface area is 113 Å². The van der Waals surface area contributed by atoms with Gasteiger partial charge in [-0.3, -0.25) is 4.79 Å². The Kier molecular flexibility index (Phi) is 3.95. The first kappa shape index (κ1) is 15.6. The van der Waals surface area contributed by atoms with Crippen LogP contribution in [0.3, 0.4) is 0 Å². The molecular weight excluding hydrogens is 248 g/mol. The van der Waals surface area contributed by atoms with E-state index in [1.165, 1.54) is 14.2 Å². The molecule has 2 rings (SSSR count). The minimum atomic E-state index is -5.03. The molecule has 0 heterocycles. The van der Waals surface area contributed by atoms with E-state index < -0.39 is 40.9 Å². The molecule has 2 aliphatic carbocycles. The number of carbonyl (C=O) groups is 1. The number of Topliss-reactive ketones (excluding diaryl/α,β-unsaturated/α-hetero) is 1. The van der Waals surface area contributed by atoms with Gasteiger partial charge in [-0.15, -0.1) is 0 Å². The van der Waals surface area contributed by atoms with Gasteiger partial charge in [-0.2, -0.15) is 13.2 Å². The molecule has 0 radical (unpaired) electrons. The number of allylic oxidation sites excluding steroid dienone is 1. The summed E-state index contributed by atoms with van der Waals surface area (Å²) in [6, 6.07) is 0. The van der Waals surface area contributed by atoms with Gasteiger partial charge in [-0.25, -0.2) is 0 Å². The topological polar surface area (TPSA) is 58.6 Å². The molecule has 0 amide bonds. The molecule has 8 heteroatoms. The molecule has 18 heavy (non-hydrogen) atoms. The summed E-state index contributed by atoms with van der Waals surface area (Å²) in [6.07, 6.45) is -4.72. The van der Waals surface area contributed by atoms with Crippen LogP contribution in [0.1, 0.15) is 6.42 Å². The second kappa shape index (κ2) is 4.56. The van der Waals surface area contributed by atoms with Crippen LogP contribution in [-0.2, 0) is 14.3 Å². The fourth-order valence-electron chi connectivity index (χ4n) is 2.45. The van der Waals surface area contributed by atoms with Crippen LogP contribution in [-0.4, -0.2) is 32.0 Å². The first-order valence-corrected chi connectivity index (χ1v) is 4.93. The fraction of sp³-hybridized carbons (Fsp3) is 0.700. The summed E-state index contributed by atoms with van der Waals surface area (Å²) in [4.78, 5) is 11.8. The minimum absolute atomic E-state index is 0. The zero-order valence-electron chi connectivity index (χ0n) is 10.1. The predicted molar refractivity (Wildman–Crippen MR) is 46.4 cm³/mol. The molecule has 2 atom stereocenters. The Hall–Kier alpha value is -0.483. The molecule has 0 aromatic carbocycles. The fourth-order valence-corrected chi connectivity index (χ4v) is 2.45. The van der Waals surface area contributed by atoms with Crippen molar-refractivity contribution in [3.63, 3.8) is 0 Å². The maximum Gasteiger partial charge on any atom is 1.00 e. The summed E-state index contributed by atoms with van der Waals surface area (Å²) in [5, 5.41) is 11.1.